The van der Waals surface area contributed by atoms with Crippen molar-refractivity contribution in [2.24, 2.45) is 0 Å². The van der Waals surface area contributed by atoms with Crippen LogP contribution in [0.3, 0.4) is 0 Å². The van der Waals surface area contributed by atoms with E-state index < -0.39 is 47.5 Å². The lowest BCUT2D eigenvalue weighted by molar-refractivity contribution is -0.136. The molecular weight excluding hydrogens is 632 g/mol. The van der Waals surface area contributed by atoms with Gasteiger partial charge in [-0.25, -0.2) is 4.79 Å². The summed E-state index contributed by atoms with van der Waals surface area (Å²) in [6.07, 6.45) is 4.09. The van der Waals surface area contributed by atoms with Gasteiger partial charge in [-0.2, -0.15) is 0 Å². The number of piperidine rings is 1. The van der Waals surface area contributed by atoms with E-state index in [1.54, 1.807) is 36.4 Å². The van der Waals surface area contributed by atoms with Gasteiger partial charge in [0.1, 0.15) is 6.04 Å². The van der Waals surface area contributed by atoms with Gasteiger partial charge in [0.25, 0.3) is 11.8 Å². The van der Waals surface area contributed by atoms with E-state index in [0.29, 0.717) is 22.7 Å². The topological polar surface area (TPSA) is 211 Å². The Morgan fingerprint density at radius 1 is 0.735 bits per heavy atom. The molecule has 1 fully saturated rings. The van der Waals surface area contributed by atoms with Gasteiger partial charge in [0.2, 0.25) is 23.6 Å². The summed E-state index contributed by atoms with van der Waals surface area (Å²) < 4.78 is 0. The van der Waals surface area contributed by atoms with Crippen molar-refractivity contribution in [1.82, 2.24) is 20.5 Å². The normalized spacial score (nSPS) is 15.6. The second-order valence-corrected chi connectivity index (χ2v) is 11.2. The van der Waals surface area contributed by atoms with Crippen LogP contribution in [0.5, 0.6) is 0 Å². The first-order valence-electron chi connectivity index (χ1n) is 15.3. The first kappa shape index (κ1) is 32.2. The molecule has 3 heterocycles. The van der Waals surface area contributed by atoms with E-state index >= 15 is 0 Å². The van der Waals surface area contributed by atoms with Crippen LogP contribution in [0.4, 0.5) is 27.5 Å². The lowest BCUT2D eigenvalue weighted by atomic mass is 10.0. The number of hydrogen-bond acceptors (Lipinski definition) is 8. The molecule has 3 aromatic carbocycles. The number of anilines is 4. The number of carbonyl (C=O) groups excluding carboxylic acids is 7. The van der Waals surface area contributed by atoms with Gasteiger partial charge in [-0.05, 0) is 73.2 Å². The molecule has 2 aliphatic rings. The predicted octanol–water partition coefficient (Wildman–Crippen LogP) is 2.94. The molecule has 2 aliphatic heterocycles. The van der Waals surface area contributed by atoms with Crippen molar-refractivity contribution in [1.29, 1.82) is 0 Å². The average Bonchev–Trinajstić information content (AvgIpc) is 3.64. The molecule has 8 amide bonds. The van der Waals surface area contributed by atoms with Crippen molar-refractivity contribution in [2.75, 3.05) is 34.4 Å². The van der Waals surface area contributed by atoms with Crippen molar-refractivity contribution >= 4 is 75.1 Å². The largest absolute Gasteiger partial charge is 0.383 e. The number of imide groups is 2. The smallest absolute Gasteiger partial charge is 0.323 e. The Labute approximate surface area is 278 Å². The zero-order chi connectivity index (χ0) is 34.5. The lowest BCUT2D eigenvalue weighted by Crippen LogP contribution is -2.54. The van der Waals surface area contributed by atoms with Crippen molar-refractivity contribution in [3.8, 4) is 0 Å². The van der Waals surface area contributed by atoms with Crippen molar-refractivity contribution in [3.05, 3.63) is 96.2 Å². The summed E-state index contributed by atoms with van der Waals surface area (Å²) in [5.74, 6) is -3.38. The number of carbonyl (C=O) groups is 7. The molecule has 6 rings (SSSR count). The van der Waals surface area contributed by atoms with Crippen molar-refractivity contribution < 1.29 is 33.6 Å². The number of benzene rings is 3. The van der Waals surface area contributed by atoms with E-state index in [1.807, 2.05) is 24.4 Å². The summed E-state index contributed by atoms with van der Waals surface area (Å²) >= 11 is 0. The van der Waals surface area contributed by atoms with Gasteiger partial charge in [0, 0.05) is 71.5 Å². The molecule has 15 heteroatoms. The molecule has 0 spiro atoms. The number of fused-ring (bicyclic) bond motifs is 2. The van der Waals surface area contributed by atoms with Gasteiger partial charge in [-0.15, -0.1) is 0 Å². The number of nitrogens with one attached hydrogen (secondary N) is 7. The molecule has 0 aliphatic carbocycles. The molecule has 4 aromatic rings. The molecule has 1 saturated heterocycles. The quantitative estimate of drug-likeness (QED) is 0.0761. The van der Waals surface area contributed by atoms with Crippen LogP contribution in [0.2, 0.25) is 0 Å². The summed E-state index contributed by atoms with van der Waals surface area (Å²) in [5.41, 5.74) is 3.38. The number of aromatic amines is 1. The zero-order valence-corrected chi connectivity index (χ0v) is 25.8. The maximum absolute atomic E-state index is 13.0. The molecule has 248 valence electrons. The molecule has 0 saturated carbocycles. The Kier molecular flexibility index (Phi) is 9.14. The average molecular weight is 663 g/mol. The first-order valence-corrected chi connectivity index (χ1v) is 15.3. The van der Waals surface area contributed by atoms with Crippen LogP contribution in [0.15, 0.2) is 85.1 Å². The monoisotopic (exact) mass is 662 g/mol. The molecular formula is C34H30N8O7. The van der Waals surface area contributed by atoms with Gasteiger partial charge in [-0.1, -0.05) is 0 Å². The summed E-state index contributed by atoms with van der Waals surface area (Å²) in [5, 5.41) is 16.9. The van der Waals surface area contributed by atoms with Crippen LogP contribution in [-0.2, 0) is 19.2 Å². The van der Waals surface area contributed by atoms with Gasteiger partial charge < -0.3 is 31.6 Å². The number of rotatable bonds is 10. The van der Waals surface area contributed by atoms with Gasteiger partial charge in [-0.3, -0.25) is 39.0 Å². The summed E-state index contributed by atoms with van der Waals surface area (Å²) in [7, 11) is 0. The highest BCUT2D eigenvalue weighted by atomic mass is 16.2. The Morgan fingerprint density at radius 3 is 2.18 bits per heavy atom. The molecule has 1 atom stereocenters. The third kappa shape index (κ3) is 7.46. The molecule has 1 aromatic heterocycles. The van der Waals surface area contributed by atoms with E-state index in [9.17, 15) is 33.6 Å². The second-order valence-electron chi connectivity index (χ2n) is 11.2. The molecule has 49 heavy (non-hydrogen) atoms. The third-order valence-corrected chi connectivity index (χ3v) is 7.80. The van der Waals surface area contributed by atoms with E-state index in [-0.39, 0.29) is 37.1 Å². The molecule has 7 N–H and O–H groups in total. The minimum absolute atomic E-state index is 0.0326. The van der Waals surface area contributed by atoms with Crippen LogP contribution in [0.1, 0.15) is 33.6 Å². The molecule has 0 radical (unpaired) electrons. The van der Waals surface area contributed by atoms with Gasteiger partial charge in [0.15, 0.2) is 0 Å². The maximum atomic E-state index is 13.0. The number of hydrogen-bond donors (Lipinski definition) is 7. The van der Waals surface area contributed by atoms with E-state index in [2.05, 4.69) is 36.9 Å². The summed E-state index contributed by atoms with van der Waals surface area (Å²) in [6, 6.07) is 17.0. The molecule has 0 bridgehead atoms. The number of nitrogens with zero attached hydrogens (tertiary/aromatic N) is 1. The number of amides is 8. The minimum Gasteiger partial charge on any atom is -0.383 e. The van der Waals surface area contributed by atoms with Crippen molar-refractivity contribution in [2.45, 2.75) is 18.9 Å². The van der Waals surface area contributed by atoms with Gasteiger partial charge >= 0.3 is 6.03 Å². The van der Waals surface area contributed by atoms with E-state index in [1.165, 1.54) is 12.1 Å². The van der Waals surface area contributed by atoms with E-state index in [4.69, 9.17) is 0 Å². The number of aromatic nitrogens is 1. The highest BCUT2D eigenvalue weighted by Crippen LogP contribution is 2.29. The highest BCUT2D eigenvalue weighted by molar-refractivity contribution is 6.23. The van der Waals surface area contributed by atoms with Gasteiger partial charge in [0.05, 0.1) is 11.1 Å². The Balaban J connectivity index is 0.911. The maximum Gasteiger partial charge on any atom is 0.323 e. The fourth-order valence-electron chi connectivity index (χ4n) is 5.43. The highest BCUT2D eigenvalue weighted by Gasteiger charge is 2.44. The van der Waals surface area contributed by atoms with Crippen LogP contribution in [0, 0.1) is 0 Å². The predicted molar refractivity (Wildman–Crippen MR) is 180 cm³/mol. The third-order valence-electron chi connectivity index (χ3n) is 7.80. The Morgan fingerprint density at radius 2 is 1.41 bits per heavy atom. The SMILES string of the molecule is O=C(/C=C/C(=O)Nc1ccc(NC(=O)Nc2ccc3[nH]ccc3c2)cc1)NCCNc1ccc2c(c1)C(=O)N(C1CCC(=O)NC1=O)C2=O. The summed E-state index contributed by atoms with van der Waals surface area (Å²) in [4.78, 5) is 90.4. The van der Waals surface area contributed by atoms with Crippen LogP contribution >= 0.6 is 0 Å². The zero-order valence-electron chi connectivity index (χ0n) is 25.8. The number of H-pyrrole nitrogens is 1. The lowest BCUT2D eigenvalue weighted by Gasteiger charge is -2.27. The molecule has 1 unspecified atom stereocenters. The van der Waals surface area contributed by atoms with Crippen molar-refractivity contribution in [3.63, 3.8) is 0 Å². The molecule has 15 nitrogen and oxygen atoms in total. The van der Waals surface area contributed by atoms with Crippen LogP contribution < -0.4 is 31.9 Å². The minimum atomic E-state index is -1.05. The van der Waals surface area contributed by atoms with Crippen LogP contribution in [0.25, 0.3) is 10.9 Å². The Hall–Kier alpha value is -6.77. The Bertz CT molecular complexity index is 2040. The standard InChI is InChI=1S/C34H30N8O7/c43-28(37-16-15-35-22-5-7-24-25(18-22)33(48)42(32(24)47)27-9-10-30(45)41-31(27)46)11-12-29(44)38-20-1-3-21(4-2-20)39-34(49)40-23-6-8-26-19(17-23)13-14-36-26/h1-8,11-14,17-18,27,35-36H,9-10,15-16H2,(H,37,43)(H,38,44)(H2,39,40,49)(H,41,45,46)/b12-11+. The fraction of sp³-hybridized carbons (Fsp3) is 0.147. The van der Waals surface area contributed by atoms with Crippen LogP contribution in [-0.4, -0.2) is 70.5 Å². The first-order chi connectivity index (χ1) is 23.6. The second kappa shape index (κ2) is 13.9. The van der Waals surface area contributed by atoms with E-state index in [0.717, 1.165) is 28.0 Å². The number of urea groups is 1. The fourth-order valence-corrected chi connectivity index (χ4v) is 5.43. The summed E-state index contributed by atoms with van der Waals surface area (Å²) in [6.45, 7) is 0.448.